The van der Waals surface area contributed by atoms with Crippen LogP contribution in [0.15, 0.2) is 42.5 Å². The van der Waals surface area contributed by atoms with Gasteiger partial charge in [-0.1, -0.05) is 48.3 Å². The van der Waals surface area contributed by atoms with E-state index in [1.165, 1.54) is 6.07 Å². The lowest BCUT2D eigenvalue weighted by Crippen LogP contribution is -2.23. The van der Waals surface area contributed by atoms with Crippen molar-refractivity contribution < 1.29 is 4.39 Å². The van der Waals surface area contributed by atoms with E-state index in [-0.39, 0.29) is 11.1 Å². The average molecular weight is 312 g/mol. The molecule has 1 N–H and O–H groups in total. The fourth-order valence-corrected chi connectivity index (χ4v) is 2.38. The summed E-state index contributed by atoms with van der Waals surface area (Å²) in [5, 5.41) is 4.28. The van der Waals surface area contributed by atoms with Crippen molar-refractivity contribution in [3.8, 4) is 0 Å². The van der Waals surface area contributed by atoms with Crippen LogP contribution in [0.1, 0.15) is 30.5 Å². The molecule has 0 fully saturated rings. The zero-order valence-corrected chi connectivity index (χ0v) is 12.7. The molecule has 1 atom stereocenters. The summed E-state index contributed by atoms with van der Waals surface area (Å²) in [6.45, 7) is 2.96. The van der Waals surface area contributed by atoms with Gasteiger partial charge < -0.3 is 5.32 Å². The van der Waals surface area contributed by atoms with Gasteiger partial charge in [0.05, 0.1) is 11.1 Å². The highest BCUT2D eigenvalue weighted by atomic mass is 35.5. The van der Waals surface area contributed by atoms with E-state index in [1.807, 2.05) is 24.3 Å². The molecule has 0 heterocycles. The third-order valence-electron chi connectivity index (χ3n) is 3.08. The maximum Gasteiger partial charge on any atom is 0.141 e. The van der Waals surface area contributed by atoms with Crippen LogP contribution >= 0.6 is 23.2 Å². The van der Waals surface area contributed by atoms with E-state index in [1.54, 1.807) is 12.1 Å². The Kier molecular flexibility index (Phi) is 5.41. The van der Waals surface area contributed by atoms with Crippen molar-refractivity contribution in [2.24, 2.45) is 0 Å². The fourth-order valence-electron chi connectivity index (χ4n) is 2.06. The third kappa shape index (κ3) is 3.72. The van der Waals surface area contributed by atoms with Crippen molar-refractivity contribution in [1.82, 2.24) is 5.32 Å². The highest BCUT2D eigenvalue weighted by Crippen LogP contribution is 2.27. The van der Waals surface area contributed by atoms with Gasteiger partial charge in [-0.15, -0.1) is 0 Å². The molecule has 106 valence electrons. The van der Waals surface area contributed by atoms with Crippen molar-refractivity contribution >= 4 is 23.2 Å². The number of rotatable bonds is 5. The second-order valence-electron chi connectivity index (χ2n) is 4.61. The Morgan fingerprint density at radius 1 is 1.05 bits per heavy atom. The van der Waals surface area contributed by atoms with Gasteiger partial charge in [-0.2, -0.15) is 0 Å². The minimum atomic E-state index is -0.402. The molecule has 0 saturated carbocycles. The normalized spacial score (nSPS) is 12.4. The monoisotopic (exact) mass is 311 g/mol. The molecule has 0 aromatic heterocycles. The smallest absolute Gasteiger partial charge is 0.141 e. The molecule has 2 aromatic rings. The predicted octanol–water partition coefficient (Wildman–Crippen LogP) is 5.22. The molecule has 2 rings (SSSR count). The van der Waals surface area contributed by atoms with E-state index < -0.39 is 5.82 Å². The Morgan fingerprint density at radius 2 is 1.70 bits per heavy atom. The lowest BCUT2D eigenvalue weighted by molar-refractivity contribution is 0.593. The van der Waals surface area contributed by atoms with Crippen molar-refractivity contribution in [3.05, 3.63) is 69.5 Å². The van der Waals surface area contributed by atoms with Crippen molar-refractivity contribution in [2.45, 2.75) is 19.4 Å². The zero-order chi connectivity index (χ0) is 14.5. The number of hydrogen-bond acceptors (Lipinski definition) is 1. The van der Waals surface area contributed by atoms with Crippen LogP contribution in [0.2, 0.25) is 10.0 Å². The molecule has 1 nitrogen and oxygen atoms in total. The number of benzene rings is 2. The van der Waals surface area contributed by atoms with E-state index in [0.717, 1.165) is 24.1 Å². The topological polar surface area (TPSA) is 12.0 Å². The van der Waals surface area contributed by atoms with Gasteiger partial charge >= 0.3 is 0 Å². The van der Waals surface area contributed by atoms with Crippen LogP contribution in [-0.4, -0.2) is 6.54 Å². The quantitative estimate of drug-likeness (QED) is 0.798. The average Bonchev–Trinajstić information content (AvgIpc) is 2.45. The Labute approximate surface area is 128 Å². The Hall–Kier alpha value is -1.09. The van der Waals surface area contributed by atoms with Gasteiger partial charge in [-0.05, 0) is 48.4 Å². The Balaban J connectivity index is 2.35. The van der Waals surface area contributed by atoms with Gasteiger partial charge in [0.1, 0.15) is 5.82 Å². The lowest BCUT2D eigenvalue weighted by atomic mass is 9.98. The highest BCUT2D eigenvalue weighted by molar-refractivity contribution is 6.31. The molecule has 0 bridgehead atoms. The number of nitrogens with one attached hydrogen (secondary N) is 1. The van der Waals surface area contributed by atoms with Gasteiger partial charge in [0.25, 0.3) is 0 Å². The minimum absolute atomic E-state index is 0.0229. The molecule has 0 amide bonds. The van der Waals surface area contributed by atoms with Gasteiger partial charge in [0.15, 0.2) is 0 Å². The summed E-state index contributed by atoms with van der Waals surface area (Å²) < 4.78 is 13.3. The molecule has 0 radical (unpaired) electrons. The van der Waals surface area contributed by atoms with E-state index in [0.29, 0.717) is 5.02 Å². The summed E-state index contributed by atoms with van der Waals surface area (Å²) in [4.78, 5) is 0. The van der Waals surface area contributed by atoms with Crippen molar-refractivity contribution in [3.63, 3.8) is 0 Å². The summed E-state index contributed by atoms with van der Waals surface area (Å²) in [7, 11) is 0. The van der Waals surface area contributed by atoms with E-state index in [2.05, 4.69) is 12.2 Å². The van der Waals surface area contributed by atoms with E-state index in [4.69, 9.17) is 23.2 Å². The summed E-state index contributed by atoms with van der Waals surface area (Å²) >= 11 is 11.8. The maximum absolute atomic E-state index is 13.3. The molecule has 0 spiro atoms. The zero-order valence-electron chi connectivity index (χ0n) is 11.2. The summed E-state index contributed by atoms with van der Waals surface area (Å²) in [6, 6.07) is 12.4. The predicted molar refractivity (Wildman–Crippen MR) is 83.0 cm³/mol. The van der Waals surface area contributed by atoms with Crippen LogP contribution < -0.4 is 5.32 Å². The Bertz CT molecular complexity index is 569. The summed E-state index contributed by atoms with van der Waals surface area (Å²) in [6.07, 6.45) is 1.01. The Morgan fingerprint density at radius 3 is 2.30 bits per heavy atom. The van der Waals surface area contributed by atoms with Crippen LogP contribution in [0.5, 0.6) is 0 Å². The second kappa shape index (κ2) is 7.07. The third-order valence-corrected chi connectivity index (χ3v) is 3.62. The maximum atomic E-state index is 13.3. The van der Waals surface area contributed by atoms with Crippen LogP contribution in [0.25, 0.3) is 0 Å². The van der Waals surface area contributed by atoms with Crippen molar-refractivity contribution in [2.75, 3.05) is 6.54 Å². The molecule has 0 aliphatic rings. The minimum Gasteiger partial charge on any atom is -0.306 e. The summed E-state index contributed by atoms with van der Waals surface area (Å²) in [5.41, 5.74) is 2.01. The molecule has 2 aromatic carbocycles. The number of halogens is 3. The first-order chi connectivity index (χ1) is 9.61. The largest absolute Gasteiger partial charge is 0.306 e. The van der Waals surface area contributed by atoms with Gasteiger partial charge in [0.2, 0.25) is 0 Å². The molecule has 0 saturated heterocycles. The molecule has 20 heavy (non-hydrogen) atoms. The standard InChI is InChI=1S/C16H16Cl2FN/c1-2-9-20-16(11-3-6-13(17)7-4-11)12-5-8-15(19)14(18)10-12/h3-8,10,16,20H,2,9H2,1H3. The first-order valence-corrected chi connectivity index (χ1v) is 7.31. The molecule has 0 aliphatic heterocycles. The second-order valence-corrected chi connectivity index (χ2v) is 5.46. The number of hydrogen-bond donors (Lipinski definition) is 1. The first kappa shape index (κ1) is 15.3. The van der Waals surface area contributed by atoms with Crippen LogP contribution in [0.4, 0.5) is 4.39 Å². The molecular formula is C16H16Cl2FN. The fraction of sp³-hybridized carbons (Fsp3) is 0.250. The van der Waals surface area contributed by atoms with Crippen LogP contribution in [0, 0.1) is 5.82 Å². The molecule has 0 aliphatic carbocycles. The van der Waals surface area contributed by atoms with Crippen LogP contribution in [-0.2, 0) is 0 Å². The van der Waals surface area contributed by atoms with Gasteiger partial charge in [-0.3, -0.25) is 0 Å². The SMILES string of the molecule is CCCNC(c1ccc(Cl)cc1)c1ccc(F)c(Cl)c1. The van der Waals surface area contributed by atoms with Crippen molar-refractivity contribution in [1.29, 1.82) is 0 Å². The van der Waals surface area contributed by atoms with Gasteiger partial charge in [0, 0.05) is 5.02 Å². The summed E-state index contributed by atoms with van der Waals surface area (Å²) in [5.74, 6) is -0.402. The van der Waals surface area contributed by atoms with Gasteiger partial charge in [-0.25, -0.2) is 4.39 Å². The molecular weight excluding hydrogens is 296 g/mol. The molecule has 1 unspecified atom stereocenters. The highest BCUT2D eigenvalue weighted by Gasteiger charge is 2.14. The van der Waals surface area contributed by atoms with E-state index >= 15 is 0 Å². The van der Waals surface area contributed by atoms with E-state index in [9.17, 15) is 4.39 Å². The van der Waals surface area contributed by atoms with Crippen LogP contribution in [0.3, 0.4) is 0 Å². The first-order valence-electron chi connectivity index (χ1n) is 6.55. The molecule has 4 heteroatoms. The lowest BCUT2D eigenvalue weighted by Gasteiger charge is -2.20.